The van der Waals surface area contributed by atoms with Gasteiger partial charge >= 0.3 is 0 Å². The van der Waals surface area contributed by atoms with Crippen LogP contribution in [0.1, 0.15) is 15.9 Å². The predicted molar refractivity (Wildman–Crippen MR) is 63.5 cm³/mol. The molecule has 0 aliphatic carbocycles. The van der Waals surface area contributed by atoms with Crippen molar-refractivity contribution in [3.05, 3.63) is 65.5 Å². The maximum atomic E-state index is 12.7. The molecule has 0 spiro atoms. The van der Waals surface area contributed by atoms with Crippen LogP contribution in [-0.4, -0.2) is 5.78 Å². The molecule has 3 heteroatoms. The molecule has 0 atom stereocenters. The first-order chi connectivity index (χ1) is 7.68. The summed E-state index contributed by atoms with van der Waals surface area (Å²) in [6.07, 6.45) is 0. The van der Waals surface area contributed by atoms with Gasteiger partial charge in [-0.15, -0.1) is 12.6 Å². The SMILES string of the molecule is O=C(c1ccc(F)cc1)c1ccccc1S. The minimum absolute atomic E-state index is 0.148. The van der Waals surface area contributed by atoms with Gasteiger partial charge in [0.25, 0.3) is 0 Å². The molecule has 0 aliphatic rings. The predicted octanol–water partition coefficient (Wildman–Crippen LogP) is 3.35. The number of hydrogen-bond acceptors (Lipinski definition) is 2. The second kappa shape index (κ2) is 4.49. The lowest BCUT2D eigenvalue weighted by Crippen LogP contribution is -2.02. The lowest BCUT2D eigenvalue weighted by molar-refractivity contribution is 0.103. The molecule has 0 unspecified atom stereocenters. The fourth-order valence-corrected chi connectivity index (χ4v) is 1.68. The van der Waals surface area contributed by atoms with Crippen LogP contribution >= 0.6 is 12.6 Å². The van der Waals surface area contributed by atoms with Crippen molar-refractivity contribution in [2.24, 2.45) is 0 Å². The van der Waals surface area contributed by atoms with E-state index in [1.807, 2.05) is 6.07 Å². The highest BCUT2D eigenvalue weighted by atomic mass is 32.1. The van der Waals surface area contributed by atoms with E-state index in [0.29, 0.717) is 16.0 Å². The van der Waals surface area contributed by atoms with E-state index in [-0.39, 0.29) is 11.6 Å². The van der Waals surface area contributed by atoms with Crippen molar-refractivity contribution < 1.29 is 9.18 Å². The van der Waals surface area contributed by atoms with Crippen LogP contribution in [0.2, 0.25) is 0 Å². The quantitative estimate of drug-likeness (QED) is 0.620. The Kier molecular flexibility index (Phi) is 3.06. The van der Waals surface area contributed by atoms with Crippen molar-refractivity contribution in [1.82, 2.24) is 0 Å². The van der Waals surface area contributed by atoms with Gasteiger partial charge in [-0.25, -0.2) is 4.39 Å². The van der Waals surface area contributed by atoms with E-state index < -0.39 is 0 Å². The first-order valence-electron chi connectivity index (χ1n) is 4.77. The third-order valence-electron chi connectivity index (χ3n) is 2.26. The second-order valence-corrected chi connectivity index (χ2v) is 3.83. The van der Waals surface area contributed by atoms with E-state index in [9.17, 15) is 9.18 Å². The first-order valence-corrected chi connectivity index (χ1v) is 5.21. The average molecular weight is 232 g/mol. The first kappa shape index (κ1) is 10.9. The summed E-state index contributed by atoms with van der Waals surface area (Å²) in [5.41, 5.74) is 0.986. The van der Waals surface area contributed by atoms with Gasteiger partial charge in [0, 0.05) is 16.0 Å². The van der Waals surface area contributed by atoms with Gasteiger partial charge in [-0.3, -0.25) is 4.79 Å². The summed E-state index contributed by atoms with van der Waals surface area (Å²) < 4.78 is 12.7. The largest absolute Gasteiger partial charge is 0.289 e. The average Bonchev–Trinajstić information content (AvgIpc) is 2.30. The van der Waals surface area contributed by atoms with Crippen molar-refractivity contribution in [2.75, 3.05) is 0 Å². The number of ketones is 1. The minimum Gasteiger partial charge on any atom is -0.289 e. The number of hydrogen-bond donors (Lipinski definition) is 1. The van der Waals surface area contributed by atoms with E-state index in [1.54, 1.807) is 18.2 Å². The summed E-state index contributed by atoms with van der Waals surface area (Å²) in [5, 5.41) is 0. The molecule has 0 amide bonds. The summed E-state index contributed by atoms with van der Waals surface area (Å²) in [5.74, 6) is -0.499. The molecule has 0 radical (unpaired) electrons. The molecule has 0 saturated carbocycles. The zero-order valence-electron chi connectivity index (χ0n) is 8.35. The Morgan fingerprint density at radius 3 is 2.25 bits per heavy atom. The van der Waals surface area contributed by atoms with Gasteiger partial charge in [0.1, 0.15) is 5.82 Å². The van der Waals surface area contributed by atoms with Crippen molar-refractivity contribution in [3.8, 4) is 0 Å². The van der Waals surface area contributed by atoms with Crippen LogP contribution in [0.5, 0.6) is 0 Å². The number of thiol groups is 1. The molecule has 0 bridgehead atoms. The Morgan fingerprint density at radius 1 is 1.00 bits per heavy atom. The fraction of sp³-hybridized carbons (Fsp3) is 0. The molecule has 0 heterocycles. The van der Waals surface area contributed by atoms with Crippen molar-refractivity contribution in [3.63, 3.8) is 0 Å². The topological polar surface area (TPSA) is 17.1 Å². The van der Waals surface area contributed by atoms with E-state index in [4.69, 9.17) is 0 Å². The molecule has 80 valence electrons. The molecule has 0 N–H and O–H groups in total. The van der Waals surface area contributed by atoms with E-state index in [1.165, 1.54) is 24.3 Å². The summed E-state index contributed by atoms with van der Waals surface area (Å²) in [6.45, 7) is 0. The number of benzene rings is 2. The Bertz CT molecular complexity index is 520. The molecule has 0 aliphatic heterocycles. The van der Waals surface area contributed by atoms with Crippen LogP contribution in [0.3, 0.4) is 0 Å². The van der Waals surface area contributed by atoms with Crippen molar-refractivity contribution in [2.45, 2.75) is 4.90 Å². The molecular weight excluding hydrogens is 223 g/mol. The lowest BCUT2D eigenvalue weighted by Gasteiger charge is -2.03. The summed E-state index contributed by atoms with van der Waals surface area (Å²) in [6, 6.07) is 12.5. The highest BCUT2D eigenvalue weighted by molar-refractivity contribution is 7.80. The summed E-state index contributed by atoms with van der Waals surface area (Å²) in [4.78, 5) is 12.6. The standard InChI is InChI=1S/C13H9FOS/c14-10-7-5-9(6-8-10)13(15)11-3-1-2-4-12(11)16/h1-8,16H. The zero-order chi connectivity index (χ0) is 11.5. The maximum Gasteiger partial charge on any atom is 0.194 e. The highest BCUT2D eigenvalue weighted by Crippen LogP contribution is 2.17. The molecule has 0 saturated heterocycles. The lowest BCUT2D eigenvalue weighted by atomic mass is 10.0. The third kappa shape index (κ3) is 2.14. The van der Waals surface area contributed by atoms with Gasteiger partial charge in [0.15, 0.2) is 5.78 Å². The number of carbonyl (C=O) groups excluding carboxylic acids is 1. The molecular formula is C13H9FOS. The molecule has 0 fully saturated rings. The number of carbonyl (C=O) groups is 1. The Hall–Kier alpha value is -1.61. The van der Waals surface area contributed by atoms with Crippen molar-refractivity contribution >= 4 is 18.4 Å². The van der Waals surface area contributed by atoms with E-state index >= 15 is 0 Å². The molecule has 0 aromatic heterocycles. The van der Waals surface area contributed by atoms with Gasteiger partial charge in [0.05, 0.1) is 0 Å². The molecule has 16 heavy (non-hydrogen) atoms. The van der Waals surface area contributed by atoms with Crippen LogP contribution in [0.4, 0.5) is 4.39 Å². The smallest absolute Gasteiger partial charge is 0.194 e. The van der Waals surface area contributed by atoms with E-state index in [2.05, 4.69) is 12.6 Å². The Labute approximate surface area is 98.3 Å². The monoisotopic (exact) mass is 232 g/mol. The Balaban J connectivity index is 2.40. The number of halogens is 1. The molecule has 2 aromatic carbocycles. The Morgan fingerprint density at radius 2 is 1.62 bits per heavy atom. The normalized spacial score (nSPS) is 10.1. The van der Waals surface area contributed by atoms with Gasteiger partial charge in [-0.2, -0.15) is 0 Å². The molecule has 2 aromatic rings. The van der Waals surface area contributed by atoms with Crippen LogP contribution in [0, 0.1) is 5.82 Å². The third-order valence-corrected chi connectivity index (χ3v) is 2.65. The van der Waals surface area contributed by atoms with Gasteiger partial charge in [-0.1, -0.05) is 12.1 Å². The van der Waals surface area contributed by atoms with Crippen LogP contribution in [-0.2, 0) is 0 Å². The van der Waals surface area contributed by atoms with Crippen molar-refractivity contribution in [1.29, 1.82) is 0 Å². The fourth-order valence-electron chi connectivity index (χ4n) is 1.42. The number of rotatable bonds is 2. The van der Waals surface area contributed by atoms with Crippen LogP contribution in [0.25, 0.3) is 0 Å². The van der Waals surface area contributed by atoms with Gasteiger partial charge in [-0.05, 0) is 36.4 Å². The van der Waals surface area contributed by atoms with Gasteiger partial charge < -0.3 is 0 Å². The summed E-state index contributed by atoms with van der Waals surface area (Å²) >= 11 is 4.21. The molecule has 1 nitrogen and oxygen atoms in total. The van der Waals surface area contributed by atoms with E-state index in [0.717, 1.165) is 0 Å². The van der Waals surface area contributed by atoms with Crippen LogP contribution < -0.4 is 0 Å². The zero-order valence-corrected chi connectivity index (χ0v) is 9.25. The second-order valence-electron chi connectivity index (χ2n) is 3.35. The minimum atomic E-state index is -0.351. The van der Waals surface area contributed by atoms with Gasteiger partial charge in [0.2, 0.25) is 0 Å². The van der Waals surface area contributed by atoms with Crippen LogP contribution in [0.15, 0.2) is 53.4 Å². The highest BCUT2D eigenvalue weighted by Gasteiger charge is 2.11. The summed E-state index contributed by atoms with van der Waals surface area (Å²) in [7, 11) is 0. The molecule has 2 rings (SSSR count). The maximum absolute atomic E-state index is 12.7.